The van der Waals surface area contributed by atoms with Crippen LogP contribution in [0.15, 0.2) is 0 Å². The fourth-order valence-electron chi connectivity index (χ4n) is 3.04. The monoisotopic (exact) mass is 343 g/mol. The van der Waals surface area contributed by atoms with Gasteiger partial charge in [-0.05, 0) is 34.7 Å². The van der Waals surface area contributed by atoms with Crippen molar-refractivity contribution in [3.63, 3.8) is 0 Å². The number of nitrogens with one attached hydrogen (secondary N) is 2. The second kappa shape index (κ2) is 5.97. The highest BCUT2D eigenvalue weighted by Crippen LogP contribution is 2.51. The lowest BCUT2D eigenvalue weighted by Crippen LogP contribution is -2.58. The third kappa shape index (κ3) is 3.58. The molecule has 0 unspecified atom stereocenters. The number of carbonyl (C=O) groups is 2. The highest BCUT2D eigenvalue weighted by Gasteiger charge is 2.59. The van der Waals surface area contributed by atoms with Gasteiger partial charge in [-0.15, -0.1) is 0 Å². The topological polar surface area (TPSA) is 102 Å². The molecule has 0 aromatic rings. The van der Waals surface area contributed by atoms with Crippen LogP contribution in [0.5, 0.6) is 0 Å². The lowest BCUT2D eigenvalue weighted by atomic mass is 9.67. The van der Waals surface area contributed by atoms with Crippen LogP contribution in [-0.2, 0) is 9.59 Å². The summed E-state index contributed by atoms with van der Waals surface area (Å²) in [5.41, 5.74) is -3.79. The Morgan fingerprint density at radius 2 is 1.08 bits per heavy atom. The van der Waals surface area contributed by atoms with Crippen LogP contribution >= 0.6 is 0 Å². The molecule has 0 saturated carbocycles. The molecule has 7 nitrogen and oxygen atoms in total. The molecule has 0 aromatic heterocycles. The smallest absolute Gasteiger partial charge is 0.252 e. The quantitative estimate of drug-likeness (QED) is 0.592. The van der Waals surface area contributed by atoms with Crippen LogP contribution < -0.4 is 10.6 Å². The van der Waals surface area contributed by atoms with Crippen LogP contribution in [0.3, 0.4) is 0 Å². The molecular formula is C17H33N3O4. The van der Waals surface area contributed by atoms with Gasteiger partial charge in [-0.3, -0.25) is 14.5 Å². The summed E-state index contributed by atoms with van der Waals surface area (Å²) in [6, 6.07) is 0. The van der Waals surface area contributed by atoms with Crippen molar-refractivity contribution in [2.45, 2.75) is 78.9 Å². The molecule has 2 amide bonds. The maximum atomic E-state index is 12.2. The summed E-state index contributed by atoms with van der Waals surface area (Å²) >= 11 is 0. The predicted octanol–water partition coefficient (Wildman–Crippen LogP) is 0.411. The number of likely N-dealkylation sites (tertiary alicyclic amines) is 1. The van der Waals surface area contributed by atoms with E-state index in [1.807, 2.05) is 32.6 Å². The van der Waals surface area contributed by atoms with Crippen molar-refractivity contribution in [3.8, 4) is 0 Å². The van der Waals surface area contributed by atoms with E-state index in [1.165, 1.54) is 27.7 Å². The summed E-state index contributed by atoms with van der Waals surface area (Å²) in [4.78, 5) is 26.3. The molecule has 140 valence electrons. The molecule has 1 aliphatic heterocycles. The molecule has 0 radical (unpaired) electrons. The van der Waals surface area contributed by atoms with Gasteiger partial charge in [0.05, 0.1) is 12.3 Å². The van der Waals surface area contributed by atoms with Gasteiger partial charge in [0.15, 0.2) is 0 Å². The Hall–Kier alpha value is -1.18. The first-order valence-electron chi connectivity index (χ1n) is 8.22. The average Bonchev–Trinajstić information content (AvgIpc) is 2.48. The molecule has 1 fully saturated rings. The predicted molar refractivity (Wildman–Crippen MR) is 91.8 cm³/mol. The van der Waals surface area contributed by atoms with E-state index in [0.717, 1.165) is 0 Å². The van der Waals surface area contributed by atoms with E-state index in [9.17, 15) is 19.8 Å². The van der Waals surface area contributed by atoms with Crippen LogP contribution in [0.25, 0.3) is 0 Å². The van der Waals surface area contributed by atoms with E-state index in [1.54, 1.807) is 7.05 Å². The first-order valence-corrected chi connectivity index (χ1v) is 8.22. The molecule has 1 rings (SSSR count). The first-order chi connectivity index (χ1) is 10.4. The van der Waals surface area contributed by atoms with Crippen molar-refractivity contribution in [2.75, 3.05) is 7.05 Å². The molecule has 1 heterocycles. The van der Waals surface area contributed by atoms with E-state index in [4.69, 9.17) is 0 Å². The molecule has 4 N–H and O–H groups in total. The minimum absolute atomic E-state index is 0.390. The van der Waals surface area contributed by atoms with Crippen molar-refractivity contribution in [1.29, 1.82) is 0 Å². The van der Waals surface area contributed by atoms with Gasteiger partial charge in [-0.2, -0.15) is 0 Å². The number of amides is 2. The molecule has 1 saturated heterocycles. The summed E-state index contributed by atoms with van der Waals surface area (Å²) in [6.45, 7) is 13.8. The van der Waals surface area contributed by atoms with Crippen molar-refractivity contribution in [1.82, 2.24) is 15.5 Å². The molecule has 0 aromatic carbocycles. The molecule has 7 heteroatoms. The maximum Gasteiger partial charge on any atom is 0.252 e. The Balaban J connectivity index is 3.14. The zero-order valence-electron chi connectivity index (χ0n) is 16.3. The summed E-state index contributed by atoms with van der Waals surface area (Å²) in [7, 11) is 1.81. The van der Waals surface area contributed by atoms with E-state index >= 15 is 0 Å². The minimum atomic E-state index is -1.49. The molecule has 0 aliphatic carbocycles. The number of aliphatic hydroxyl groups is 2. The lowest BCUT2D eigenvalue weighted by molar-refractivity contribution is -0.140. The van der Waals surface area contributed by atoms with E-state index in [2.05, 4.69) is 10.6 Å². The Kier molecular flexibility index (Phi) is 5.19. The number of hydrogen-bond acceptors (Lipinski definition) is 5. The number of hydrogen-bond donors (Lipinski definition) is 4. The van der Waals surface area contributed by atoms with Gasteiger partial charge in [0, 0.05) is 10.8 Å². The van der Waals surface area contributed by atoms with E-state index in [-0.39, 0.29) is 0 Å². The van der Waals surface area contributed by atoms with Crippen molar-refractivity contribution < 1.29 is 19.8 Å². The number of carbonyl (C=O) groups excluding carboxylic acids is 2. The standard InChI is InChI=1S/C17H33N3O4/c1-14(2)10(18-12(21)16(5,6)23)20(9)11(15(14,3)4)19-13(22)17(7,8)24/h10-11,23-24H,1-9H3,(H,18,21)(H,19,22)/t10-,11+. The Morgan fingerprint density at radius 1 is 0.833 bits per heavy atom. The molecule has 1 aliphatic rings. The van der Waals surface area contributed by atoms with Crippen molar-refractivity contribution in [2.24, 2.45) is 10.8 Å². The first kappa shape index (κ1) is 20.9. The highest BCUT2D eigenvalue weighted by molar-refractivity contribution is 5.85. The van der Waals surface area contributed by atoms with Gasteiger partial charge in [0.25, 0.3) is 11.8 Å². The Bertz CT molecular complexity index is 469. The van der Waals surface area contributed by atoms with Gasteiger partial charge in [-0.25, -0.2) is 0 Å². The summed E-state index contributed by atoms with van der Waals surface area (Å²) < 4.78 is 0. The number of rotatable bonds is 4. The molecule has 2 atom stereocenters. The highest BCUT2D eigenvalue weighted by atomic mass is 16.3. The van der Waals surface area contributed by atoms with Crippen LogP contribution in [0.1, 0.15) is 55.4 Å². The van der Waals surface area contributed by atoms with Crippen molar-refractivity contribution in [3.05, 3.63) is 0 Å². The van der Waals surface area contributed by atoms with E-state index < -0.39 is 46.2 Å². The number of nitrogens with zero attached hydrogens (tertiary/aromatic N) is 1. The van der Waals surface area contributed by atoms with Gasteiger partial charge in [0.2, 0.25) is 0 Å². The van der Waals surface area contributed by atoms with Crippen LogP contribution in [0.4, 0.5) is 0 Å². The van der Waals surface area contributed by atoms with Gasteiger partial charge in [-0.1, -0.05) is 27.7 Å². The minimum Gasteiger partial charge on any atom is -0.381 e. The van der Waals surface area contributed by atoms with E-state index in [0.29, 0.717) is 0 Å². The summed E-state index contributed by atoms with van der Waals surface area (Å²) in [6.07, 6.45) is -0.780. The Morgan fingerprint density at radius 3 is 1.29 bits per heavy atom. The van der Waals surface area contributed by atoms with Crippen LogP contribution in [0.2, 0.25) is 0 Å². The largest absolute Gasteiger partial charge is 0.381 e. The summed E-state index contributed by atoms with van der Waals surface area (Å²) in [5, 5.41) is 25.6. The molecular weight excluding hydrogens is 310 g/mol. The van der Waals surface area contributed by atoms with Gasteiger partial charge in [0.1, 0.15) is 11.2 Å². The SMILES string of the molecule is CN1[C@@H](NC(=O)C(C)(C)O)C(C)(C)C(C)(C)[C@H]1NC(=O)C(C)(C)O. The molecule has 0 bridgehead atoms. The second-order valence-electron chi connectivity index (χ2n) is 8.98. The molecule has 0 spiro atoms. The van der Waals surface area contributed by atoms with Gasteiger partial charge >= 0.3 is 0 Å². The average molecular weight is 343 g/mol. The van der Waals surface area contributed by atoms with Crippen LogP contribution in [-0.4, -0.2) is 57.5 Å². The zero-order valence-corrected chi connectivity index (χ0v) is 16.3. The Labute approximate surface area is 144 Å². The zero-order chi connectivity index (χ0) is 19.3. The normalized spacial score (nSPS) is 27.0. The fourth-order valence-corrected chi connectivity index (χ4v) is 3.04. The third-order valence-corrected chi connectivity index (χ3v) is 5.49. The van der Waals surface area contributed by atoms with Gasteiger partial charge < -0.3 is 20.8 Å². The molecule has 24 heavy (non-hydrogen) atoms. The van der Waals surface area contributed by atoms with Crippen LogP contribution in [0, 0.1) is 10.8 Å². The lowest BCUT2D eigenvalue weighted by Gasteiger charge is -2.40. The third-order valence-electron chi connectivity index (χ3n) is 5.49. The second-order valence-corrected chi connectivity index (χ2v) is 8.98. The summed E-state index contributed by atoms with van der Waals surface area (Å²) in [5.74, 6) is -0.949. The van der Waals surface area contributed by atoms with Crippen molar-refractivity contribution >= 4 is 11.8 Å². The fraction of sp³-hybridized carbons (Fsp3) is 0.882. The maximum absolute atomic E-state index is 12.2.